The summed E-state index contributed by atoms with van der Waals surface area (Å²) in [6, 6.07) is 0. The maximum atomic E-state index is 10.7. The first-order chi connectivity index (χ1) is 12.5. The highest BCUT2D eigenvalue weighted by Crippen LogP contribution is 2.13. The van der Waals surface area contributed by atoms with Crippen molar-refractivity contribution in [2.24, 2.45) is 5.73 Å². The summed E-state index contributed by atoms with van der Waals surface area (Å²) < 4.78 is 1.06. The zero-order valence-corrected chi connectivity index (χ0v) is 20.0. The van der Waals surface area contributed by atoms with Gasteiger partial charge in [0.25, 0.3) is 0 Å². The minimum atomic E-state index is -0.202. The Bertz CT molecular complexity index is 327. The number of rotatable bonds is 20. The van der Waals surface area contributed by atoms with Gasteiger partial charge in [0.15, 0.2) is 0 Å². The van der Waals surface area contributed by atoms with Crippen LogP contribution in [0.4, 0.5) is 0 Å². The van der Waals surface area contributed by atoms with Gasteiger partial charge in [-0.25, -0.2) is 0 Å². The number of nitrogens with two attached hydrogens (primary N) is 1. The molecule has 1 amide bonds. The molecule has 3 nitrogen and oxygen atoms in total. The van der Waals surface area contributed by atoms with E-state index in [0.29, 0.717) is 5.75 Å². The van der Waals surface area contributed by atoms with Crippen LogP contribution in [0.1, 0.15) is 96.8 Å². The first-order valence-electron chi connectivity index (χ1n) is 11.2. The van der Waals surface area contributed by atoms with E-state index in [9.17, 15) is 4.79 Å². The average molecular weight is 423 g/mol. The number of quaternary nitrogens is 1. The number of carbonyl (C=O) groups is 1. The number of nitrogens with zero attached hydrogens (tertiary/aromatic N) is 1. The SMILES string of the molecule is CCCCCCCCCCCCCCCC[N+](C)(C)CCSCC(N)=O.[Cl-]. The summed E-state index contributed by atoms with van der Waals surface area (Å²) in [7, 11) is 4.60. The number of amides is 1. The fourth-order valence-corrected chi connectivity index (χ4v) is 4.30. The predicted molar refractivity (Wildman–Crippen MR) is 119 cm³/mol. The smallest absolute Gasteiger partial charge is 0.227 e. The molecule has 0 aromatic rings. The van der Waals surface area contributed by atoms with E-state index in [1.165, 1.54) is 96.4 Å². The molecule has 0 unspecified atom stereocenters. The minimum Gasteiger partial charge on any atom is -1.00 e. The van der Waals surface area contributed by atoms with Crippen LogP contribution in [0.3, 0.4) is 0 Å². The second kappa shape index (κ2) is 20.8. The lowest BCUT2D eigenvalue weighted by Gasteiger charge is -2.29. The van der Waals surface area contributed by atoms with Crippen molar-refractivity contribution >= 4 is 17.7 Å². The molecule has 0 heterocycles. The summed E-state index contributed by atoms with van der Waals surface area (Å²) in [6.07, 6.45) is 19.8. The molecule has 0 aliphatic rings. The van der Waals surface area contributed by atoms with Gasteiger partial charge in [-0.2, -0.15) is 0 Å². The molecule has 2 N–H and O–H groups in total. The van der Waals surface area contributed by atoms with Crippen LogP contribution in [0, 0.1) is 0 Å². The lowest BCUT2D eigenvalue weighted by atomic mass is 10.0. The van der Waals surface area contributed by atoms with Crippen molar-refractivity contribution < 1.29 is 21.7 Å². The van der Waals surface area contributed by atoms with Crippen molar-refractivity contribution in [2.75, 3.05) is 38.7 Å². The fraction of sp³-hybridized carbons (Fsp3) is 0.955. The van der Waals surface area contributed by atoms with Crippen LogP contribution >= 0.6 is 11.8 Å². The molecule has 0 aromatic carbocycles. The summed E-state index contributed by atoms with van der Waals surface area (Å²) in [5.74, 6) is 1.28. The number of primary amides is 1. The van der Waals surface area contributed by atoms with E-state index in [2.05, 4.69) is 21.0 Å². The Balaban J connectivity index is 0. The summed E-state index contributed by atoms with van der Waals surface area (Å²) >= 11 is 1.66. The Labute approximate surface area is 180 Å². The van der Waals surface area contributed by atoms with Gasteiger partial charge < -0.3 is 22.6 Å². The fourth-order valence-electron chi connectivity index (χ4n) is 3.33. The molecule has 0 rings (SSSR count). The van der Waals surface area contributed by atoms with Crippen molar-refractivity contribution in [2.45, 2.75) is 96.8 Å². The van der Waals surface area contributed by atoms with Gasteiger partial charge in [-0.1, -0.05) is 84.0 Å². The molecule has 0 aliphatic heterocycles. The Morgan fingerprint density at radius 2 is 1.15 bits per heavy atom. The second-order valence-electron chi connectivity index (χ2n) is 8.50. The Morgan fingerprint density at radius 1 is 0.741 bits per heavy atom. The van der Waals surface area contributed by atoms with Gasteiger partial charge in [-0.3, -0.25) is 4.79 Å². The molecular weight excluding hydrogens is 376 g/mol. The number of hydrogen-bond donors (Lipinski definition) is 1. The quantitative estimate of drug-likeness (QED) is 0.242. The van der Waals surface area contributed by atoms with E-state index in [-0.39, 0.29) is 18.3 Å². The van der Waals surface area contributed by atoms with E-state index >= 15 is 0 Å². The molecule has 0 bridgehead atoms. The molecule has 0 atom stereocenters. The van der Waals surface area contributed by atoms with Gasteiger partial charge in [0.2, 0.25) is 5.91 Å². The summed E-state index contributed by atoms with van der Waals surface area (Å²) in [4.78, 5) is 10.7. The van der Waals surface area contributed by atoms with E-state index < -0.39 is 0 Å². The van der Waals surface area contributed by atoms with E-state index in [1.807, 2.05) is 0 Å². The second-order valence-corrected chi connectivity index (χ2v) is 9.60. The Morgan fingerprint density at radius 3 is 1.56 bits per heavy atom. The van der Waals surface area contributed by atoms with Gasteiger partial charge in [0, 0.05) is 5.75 Å². The first-order valence-corrected chi connectivity index (χ1v) is 12.3. The molecule has 0 fully saturated rings. The molecule has 0 spiro atoms. The molecule has 0 saturated heterocycles. The first kappa shape index (κ1) is 29.3. The van der Waals surface area contributed by atoms with E-state index in [0.717, 1.165) is 16.8 Å². The van der Waals surface area contributed by atoms with Gasteiger partial charge in [0.1, 0.15) is 0 Å². The van der Waals surface area contributed by atoms with Crippen molar-refractivity contribution in [1.29, 1.82) is 0 Å². The number of hydrogen-bond acceptors (Lipinski definition) is 2. The minimum absolute atomic E-state index is 0. The highest BCUT2D eigenvalue weighted by molar-refractivity contribution is 7.99. The van der Waals surface area contributed by atoms with Crippen LogP contribution < -0.4 is 18.1 Å². The summed E-state index contributed by atoms with van der Waals surface area (Å²) in [5, 5.41) is 0. The Hall–Kier alpha value is 0.0700. The third-order valence-electron chi connectivity index (χ3n) is 5.20. The standard InChI is InChI=1S/C22H46N2OS.ClH/c1-4-5-6-7-8-9-10-11-12-13-14-15-16-17-18-24(2,3)19-20-26-21-22(23)25;/h4-21H2,1-3H3,(H-,23,25);1H. The van der Waals surface area contributed by atoms with Crippen molar-refractivity contribution in [3.05, 3.63) is 0 Å². The maximum absolute atomic E-state index is 10.7. The predicted octanol–water partition coefficient (Wildman–Crippen LogP) is 2.77. The molecule has 0 saturated carbocycles. The third kappa shape index (κ3) is 24.0. The Kier molecular flexibility index (Phi) is 22.5. The van der Waals surface area contributed by atoms with E-state index in [1.54, 1.807) is 11.8 Å². The van der Waals surface area contributed by atoms with Gasteiger partial charge in [-0.05, 0) is 12.8 Å². The number of unbranched alkanes of at least 4 members (excludes halogenated alkanes) is 13. The topological polar surface area (TPSA) is 43.1 Å². The molecule has 0 aromatic heterocycles. The number of thioether (sulfide) groups is 1. The van der Waals surface area contributed by atoms with Crippen molar-refractivity contribution in [1.82, 2.24) is 0 Å². The average Bonchev–Trinajstić information content (AvgIpc) is 2.59. The normalized spacial score (nSPS) is 11.4. The highest BCUT2D eigenvalue weighted by atomic mass is 35.5. The third-order valence-corrected chi connectivity index (χ3v) is 6.16. The zero-order valence-electron chi connectivity index (χ0n) is 18.4. The lowest BCUT2D eigenvalue weighted by molar-refractivity contribution is -0.888. The van der Waals surface area contributed by atoms with Crippen molar-refractivity contribution in [3.8, 4) is 0 Å². The van der Waals surface area contributed by atoms with Crippen LogP contribution in [0.15, 0.2) is 0 Å². The summed E-state index contributed by atoms with van der Waals surface area (Å²) in [6.45, 7) is 4.65. The molecular formula is C22H47ClN2OS. The molecule has 0 aliphatic carbocycles. The molecule has 164 valence electrons. The monoisotopic (exact) mass is 422 g/mol. The largest absolute Gasteiger partial charge is 1.00 e. The van der Waals surface area contributed by atoms with Crippen molar-refractivity contribution in [3.63, 3.8) is 0 Å². The summed E-state index contributed by atoms with van der Waals surface area (Å²) in [5.41, 5.74) is 5.17. The van der Waals surface area contributed by atoms with Gasteiger partial charge >= 0.3 is 0 Å². The van der Waals surface area contributed by atoms with Gasteiger partial charge in [-0.15, -0.1) is 11.8 Å². The number of halogens is 1. The molecule has 0 radical (unpaired) electrons. The lowest BCUT2D eigenvalue weighted by Crippen LogP contribution is -3.00. The van der Waals surface area contributed by atoms with Crippen LogP contribution in [0.2, 0.25) is 0 Å². The molecule has 5 heteroatoms. The zero-order chi connectivity index (χ0) is 19.5. The van der Waals surface area contributed by atoms with Crippen LogP contribution in [0.5, 0.6) is 0 Å². The number of carbonyl (C=O) groups excluding carboxylic acids is 1. The molecule has 27 heavy (non-hydrogen) atoms. The van der Waals surface area contributed by atoms with Crippen LogP contribution in [-0.4, -0.2) is 49.1 Å². The van der Waals surface area contributed by atoms with E-state index in [4.69, 9.17) is 5.73 Å². The van der Waals surface area contributed by atoms with Gasteiger partial charge in [0.05, 0.1) is 32.9 Å². The maximum Gasteiger partial charge on any atom is 0.227 e. The van der Waals surface area contributed by atoms with Crippen LogP contribution in [-0.2, 0) is 4.79 Å². The van der Waals surface area contributed by atoms with Crippen LogP contribution in [0.25, 0.3) is 0 Å². The highest BCUT2D eigenvalue weighted by Gasteiger charge is 2.14.